The first kappa shape index (κ1) is 22.3. The van der Waals surface area contributed by atoms with Crippen molar-refractivity contribution in [2.45, 2.75) is 29.0 Å². The Hall–Kier alpha value is -0.710. The second kappa shape index (κ2) is 8.79. The predicted molar refractivity (Wildman–Crippen MR) is 99.3 cm³/mol. The van der Waals surface area contributed by atoms with E-state index < -0.39 is 19.9 Å². The Morgan fingerprint density at radius 1 is 1.20 bits per heavy atom. The lowest BCUT2D eigenvalue weighted by Gasteiger charge is -2.28. The van der Waals surface area contributed by atoms with E-state index in [0.29, 0.717) is 12.2 Å². The summed E-state index contributed by atoms with van der Waals surface area (Å²) in [5.74, 6) is -0.109. The van der Waals surface area contributed by atoms with Gasteiger partial charge in [-0.05, 0) is 37.1 Å². The highest BCUT2D eigenvalue weighted by Crippen LogP contribution is 2.20. The van der Waals surface area contributed by atoms with E-state index in [0.717, 1.165) is 25.6 Å². The number of hydrogen-bond donors (Lipinski definition) is 2. The van der Waals surface area contributed by atoms with Gasteiger partial charge in [-0.3, -0.25) is 0 Å². The molecule has 1 fully saturated rings. The molecular weight excluding hydrogens is 388 g/mol. The second-order valence-corrected chi connectivity index (χ2v) is 10.2. The molecule has 0 saturated carbocycles. The first-order valence-electron chi connectivity index (χ1n) is 7.66. The normalized spacial score (nSPS) is 21.0. The van der Waals surface area contributed by atoms with Gasteiger partial charge in [0.25, 0.3) is 0 Å². The molecule has 25 heavy (non-hydrogen) atoms. The Bertz CT molecular complexity index is 758. The molecule has 1 saturated heterocycles. The number of nitrogens with one attached hydrogen (secondary N) is 2. The van der Waals surface area contributed by atoms with Gasteiger partial charge in [-0.25, -0.2) is 21.6 Å². The van der Waals surface area contributed by atoms with Crippen LogP contribution in [0, 0.1) is 0 Å². The van der Waals surface area contributed by atoms with Gasteiger partial charge in [0, 0.05) is 19.9 Å². The Morgan fingerprint density at radius 3 is 2.32 bits per heavy atom. The molecule has 0 radical (unpaired) electrons. The van der Waals surface area contributed by atoms with Gasteiger partial charge in [-0.15, -0.1) is 12.4 Å². The monoisotopic (exact) mass is 412 g/mol. The van der Waals surface area contributed by atoms with Crippen molar-refractivity contribution in [3.63, 3.8) is 0 Å². The van der Waals surface area contributed by atoms with Crippen molar-refractivity contribution in [3.8, 4) is 0 Å². The quantitative estimate of drug-likeness (QED) is 0.651. The summed E-state index contributed by atoms with van der Waals surface area (Å²) in [5.41, 5.74) is 0.183. The standard InChI is InChI=1S/C15H24N2O5S2.ClH/c1-22-12-15(8-3-9-16-15)11-17-24(20,21)14-6-4-13(5-7-14)10-23(2,18)19;/h4-7,16-17H,3,8-12H2,1-2H3;1H. The summed E-state index contributed by atoms with van der Waals surface area (Å²) in [5, 5.41) is 3.31. The van der Waals surface area contributed by atoms with Crippen LogP contribution in [0.2, 0.25) is 0 Å². The number of ether oxygens (including phenoxy) is 1. The fraction of sp³-hybridized carbons (Fsp3) is 0.600. The Labute approximate surface area is 155 Å². The predicted octanol–water partition coefficient (Wildman–Crippen LogP) is 0.700. The van der Waals surface area contributed by atoms with Crippen molar-refractivity contribution in [1.29, 1.82) is 0 Å². The molecule has 2 rings (SSSR count). The number of methoxy groups -OCH3 is 1. The van der Waals surface area contributed by atoms with E-state index >= 15 is 0 Å². The highest BCUT2D eigenvalue weighted by molar-refractivity contribution is 7.90. The minimum absolute atomic E-state index is 0. The molecule has 144 valence electrons. The van der Waals surface area contributed by atoms with E-state index in [-0.39, 0.29) is 35.1 Å². The van der Waals surface area contributed by atoms with Gasteiger partial charge in [0.2, 0.25) is 10.0 Å². The molecular formula is C15H25ClN2O5S2. The fourth-order valence-electron chi connectivity index (χ4n) is 2.85. The van der Waals surface area contributed by atoms with Crippen molar-refractivity contribution in [1.82, 2.24) is 10.0 Å². The molecule has 0 aliphatic carbocycles. The number of sulfone groups is 1. The van der Waals surface area contributed by atoms with Gasteiger partial charge in [0.15, 0.2) is 9.84 Å². The maximum Gasteiger partial charge on any atom is 0.240 e. The maximum atomic E-state index is 12.4. The summed E-state index contributed by atoms with van der Waals surface area (Å²) in [7, 11) is -5.21. The van der Waals surface area contributed by atoms with Gasteiger partial charge in [0.05, 0.1) is 22.8 Å². The molecule has 1 aliphatic rings. The van der Waals surface area contributed by atoms with Crippen LogP contribution in [0.4, 0.5) is 0 Å². The summed E-state index contributed by atoms with van der Waals surface area (Å²) in [6.07, 6.45) is 2.96. The minimum Gasteiger partial charge on any atom is -0.383 e. The first-order valence-corrected chi connectivity index (χ1v) is 11.2. The molecule has 1 heterocycles. The van der Waals surface area contributed by atoms with Crippen molar-refractivity contribution in [2.24, 2.45) is 0 Å². The zero-order valence-electron chi connectivity index (χ0n) is 14.3. The zero-order chi connectivity index (χ0) is 17.8. The van der Waals surface area contributed by atoms with Gasteiger partial charge < -0.3 is 10.1 Å². The molecule has 0 aromatic heterocycles. The van der Waals surface area contributed by atoms with Crippen LogP contribution in [0.15, 0.2) is 29.2 Å². The number of rotatable bonds is 8. The highest BCUT2D eigenvalue weighted by Gasteiger charge is 2.34. The van der Waals surface area contributed by atoms with E-state index in [2.05, 4.69) is 10.0 Å². The van der Waals surface area contributed by atoms with Gasteiger partial charge >= 0.3 is 0 Å². The maximum absolute atomic E-state index is 12.4. The SMILES string of the molecule is COCC1(CNS(=O)(=O)c2ccc(CS(C)(=O)=O)cc2)CCCN1.Cl. The Morgan fingerprint density at radius 2 is 1.84 bits per heavy atom. The third kappa shape index (κ3) is 6.50. The third-order valence-electron chi connectivity index (χ3n) is 4.02. The zero-order valence-corrected chi connectivity index (χ0v) is 16.8. The van der Waals surface area contributed by atoms with Gasteiger partial charge in [-0.2, -0.15) is 0 Å². The molecule has 1 aliphatic heterocycles. The van der Waals surface area contributed by atoms with Crippen molar-refractivity contribution < 1.29 is 21.6 Å². The lowest BCUT2D eigenvalue weighted by atomic mass is 9.99. The van der Waals surface area contributed by atoms with Gasteiger partial charge in [-0.1, -0.05) is 12.1 Å². The molecule has 1 aromatic carbocycles. The van der Waals surface area contributed by atoms with Crippen LogP contribution < -0.4 is 10.0 Å². The lowest BCUT2D eigenvalue weighted by molar-refractivity contribution is 0.122. The van der Waals surface area contributed by atoms with Crippen LogP contribution in [0.3, 0.4) is 0 Å². The first-order chi connectivity index (χ1) is 11.2. The molecule has 1 atom stereocenters. The van der Waals surface area contributed by atoms with Crippen molar-refractivity contribution >= 4 is 32.3 Å². The molecule has 0 bridgehead atoms. The average molecular weight is 413 g/mol. The Balaban J connectivity index is 0.00000312. The number of benzene rings is 1. The van der Waals surface area contributed by atoms with Crippen LogP contribution >= 0.6 is 12.4 Å². The van der Waals surface area contributed by atoms with Crippen molar-refractivity contribution in [3.05, 3.63) is 29.8 Å². The van der Waals surface area contributed by atoms with Gasteiger partial charge in [0.1, 0.15) is 0 Å². The molecule has 2 N–H and O–H groups in total. The smallest absolute Gasteiger partial charge is 0.240 e. The number of hydrogen-bond acceptors (Lipinski definition) is 6. The van der Waals surface area contributed by atoms with E-state index in [1.165, 1.54) is 24.3 Å². The second-order valence-electron chi connectivity index (χ2n) is 6.28. The van der Waals surface area contributed by atoms with E-state index in [4.69, 9.17) is 4.74 Å². The fourth-order valence-corrected chi connectivity index (χ4v) is 4.78. The average Bonchev–Trinajstić information content (AvgIpc) is 2.94. The lowest BCUT2D eigenvalue weighted by Crippen LogP contribution is -2.52. The van der Waals surface area contributed by atoms with Crippen molar-refractivity contribution in [2.75, 3.05) is 33.1 Å². The Kier molecular flexibility index (Phi) is 7.85. The van der Waals surface area contributed by atoms with Crippen LogP contribution in [0.25, 0.3) is 0 Å². The summed E-state index contributed by atoms with van der Waals surface area (Å²) >= 11 is 0. The highest BCUT2D eigenvalue weighted by atomic mass is 35.5. The van der Waals surface area contributed by atoms with Crippen LogP contribution in [-0.2, 0) is 30.4 Å². The molecule has 0 spiro atoms. The summed E-state index contributed by atoms with van der Waals surface area (Å²) in [6, 6.07) is 5.89. The number of halogens is 1. The molecule has 1 aromatic rings. The van der Waals surface area contributed by atoms with Crippen LogP contribution in [0.1, 0.15) is 18.4 Å². The van der Waals surface area contributed by atoms with E-state index in [9.17, 15) is 16.8 Å². The molecule has 10 heteroatoms. The topological polar surface area (TPSA) is 102 Å². The summed E-state index contributed by atoms with van der Waals surface area (Å²) in [6.45, 7) is 1.52. The summed E-state index contributed by atoms with van der Waals surface area (Å²) in [4.78, 5) is 0.116. The van der Waals surface area contributed by atoms with Crippen LogP contribution in [0.5, 0.6) is 0 Å². The summed E-state index contributed by atoms with van der Waals surface area (Å²) < 4.78 is 55.3. The largest absolute Gasteiger partial charge is 0.383 e. The minimum atomic E-state index is -3.66. The van der Waals surface area contributed by atoms with E-state index in [1.54, 1.807) is 7.11 Å². The molecule has 7 nitrogen and oxygen atoms in total. The molecule has 1 unspecified atom stereocenters. The van der Waals surface area contributed by atoms with E-state index in [1.807, 2.05) is 0 Å². The number of sulfonamides is 1. The van der Waals surface area contributed by atoms with Crippen LogP contribution in [-0.4, -0.2) is 55.4 Å². The molecule has 0 amide bonds. The third-order valence-corrected chi connectivity index (χ3v) is 6.29.